The number of nitrogens with one attached hydrogen (secondary N) is 1. The zero-order valence-corrected chi connectivity index (χ0v) is 43.5. The summed E-state index contributed by atoms with van der Waals surface area (Å²) in [5.74, 6) is -0.327. The topological polar surface area (TPSA) is 307 Å². The second-order valence-corrected chi connectivity index (χ2v) is 19.0. The molecule has 12 N–H and O–H groups in total. The summed E-state index contributed by atoms with van der Waals surface area (Å²) in [6, 6.07) is -0.998. The van der Waals surface area contributed by atoms with Crippen LogP contribution in [0, 0.1) is 0 Å². The average Bonchev–Trinajstić information content (AvgIpc) is 3.40. The van der Waals surface area contributed by atoms with Crippen LogP contribution in [0.2, 0.25) is 0 Å². The second-order valence-electron chi connectivity index (χ2n) is 19.0. The lowest BCUT2D eigenvalue weighted by Crippen LogP contribution is -2.66. The minimum Gasteiger partial charge on any atom is -0.394 e. The summed E-state index contributed by atoms with van der Waals surface area (Å²) in [6.07, 6.45) is 17.5. The van der Waals surface area contributed by atoms with Gasteiger partial charge in [-0.1, -0.05) is 131 Å². The van der Waals surface area contributed by atoms with Gasteiger partial charge in [0.25, 0.3) is 0 Å². The van der Waals surface area contributed by atoms with Gasteiger partial charge in [-0.15, -0.1) is 0 Å². The van der Waals surface area contributed by atoms with E-state index in [1.165, 1.54) is 12.8 Å². The van der Waals surface area contributed by atoms with E-state index in [1.54, 1.807) is 6.08 Å². The van der Waals surface area contributed by atoms with Crippen LogP contribution in [0.3, 0.4) is 0 Å². The summed E-state index contributed by atoms with van der Waals surface area (Å²) in [4.78, 5) is 13.2. The molecule has 0 aromatic carbocycles. The SMILES string of the molecule is CC/C=C\C/C=C\C/C=C\C/C=C\C/C=C\C/C=C\CCCCC(=O)NC(COC1OC(CO)C(OC2OC(CO)C(OC3OC(CO)C(O)C(O)C3O)C(O)C2O)C(O)C1O)C(O)/C=C/CCCCCCCC. The van der Waals surface area contributed by atoms with Crippen molar-refractivity contribution in [3.8, 4) is 0 Å². The fourth-order valence-corrected chi connectivity index (χ4v) is 8.48. The Hall–Kier alpha value is -3.03. The summed E-state index contributed by atoms with van der Waals surface area (Å²) in [7, 11) is 0. The Labute approximate surface area is 438 Å². The first-order valence-corrected chi connectivity index (χ1v) is 26.8. The standard InChI is InChI=1S/C55H91NO18/c1-3-5-7-9-11-13-14-15-16-17-18-19-20-21-22-23-24-25-27-29-31-33-43(61)56-38(39(60)32-30-28-26-12-10-8-6-4-2)37-69-53-49(67)46(64)51(41(35-58)71-53)74-55-50(68)47(65)52(42(36-59)72-55)73-54-48(66)45(63)44(62)40(34-57)70-54/h5,7,11,13,15-16,18-19,21-22,24-25,30,32,38-42,44-55,57-60,62-68H,3-4,6,8-10,12,14,17,20,23,26-29,31,33-37H2,1-2H3,(H,56,61)/b7-5-,13-11-,16-15-,19-18-,22-21-,25-24-,32-30+. The number of hydrogen-bond acceptors (Lipinski definition) is 18. The number of allylic oxidation sites excluding steroid dienone is 13. The second kappa shape index (κ2) is 38.5. The normalized spacial score (nSPS) is 32.1. The van der Waals surface area contributed by atoms with Crippen LogP contribution < -0.4 is 5.32 Å². The number of carbonyl (C=O) groups excluding carboxylic acids is 1. The third-order valence-corrected chi connectivity index (χ3v) is 12.9. The van der Waals surface area contributed by atoms with Crippen LogP contribution >= 0.6 is 0 Å². The average molecular weight is 1050 g/mol. The third-order valence-electron chi connectivity index (χ3n) is 12.9. The van der Waals surface area contributed by atoms with Crippen LogP contribution in [0.1, 0.15) is 123 Å². The largest absolute Gasteiger partial charge is 0.394 e. The molecular weight excluding hydrogens is 963 g/mol. The van der Waals surface area contributed by atoms with Crippen LogP contribution in [0.25, 0.3) is 0 Å². The van der Waals surface area contributed by atoms with Gasteiger partial charge in [0.2, 0.25) is 5.91 Å². The molecule has 0 saturated carbocycles. The van der Waals surface area contributed by atoms with E-state index in [0.717, 1.165) is 83.5 Å². The highest BCUT2D eigenvalue weighted by Crippen LogP contribution is 2.33. The molecule has 3 fully saturated rings. The van der Waals surface area contributed by atoms with Crippen molar-refractivity contribution in [1.29, 1.82) is 0 Å². The molecule has 0 spiro atoms. The Kier molecular flexibility index (Phi) is 34.0. The lowest BCUT2D eigenvalue weighted by molar-refractivity contribution is -0.379. The number of amides is 1. The molecular formula is C55H91NO18. The number of aliphatic hydroxyl groups excluding tert-OH is 11. The first-order chi connectivity index (χ1) is 35.8. The molecule has 424 valence electrons. The van der Waals surface area contributed by atoms with E-state index in [9.17, 15) is 61.0 Å². The van der Waals surface area contributed by atoms with Gasteiger partial charge in [0, 0.05) is 6.42 Å². The molecule has 3 heterocycles. The van der Waals surface area contributed by atoms with Crippen LogP contribution in [-0.4, -0.2) is 193 Å². The van der Waals surface area contributed by atoms with Gasteiger partial charge in [-0.2, -0.15) is 0 Å². The summed E-state index contributed by atoms with van der Waals surface area (Å²) in [6.45, 7) is 1.47. The number of unbranched alkanes of at least 4 members (excludes halogenated alkanes) is 8. The molecule has 0 aliphatic carbocycles. The number of aliphatic hydroxyl groups is 11. The number of hydrogen-bond donors (Lipinski definition) is 12. The summed E-state index contributed by atoms with van der Waals surface area (Å²) in [5, 5.41) is 119. The van der Waals surface area contributed by atoms with Gasteiger partial charge in [-0.05, 0) is 70.6 Å². The van der Waals surface area contributed by atoms with Crippen molar-refractivity contribution < 1.29 is 89.4 Å². The molecule has 17 atom stereocenters. The summed E-state index contributed by atoms with van der Waals surface area (Å²) in [5.41, 5.74) is 0. The highest BCUT2D eigenvalue weighted by atomic mass is 16.8. The molecule has 0 radical (unpaired) electrons. The van der Waals surface area contributed by atoms with E-state index in [-0.39, 0.29) is 18.9 Å². The maximum Gasteiger partial charge on any atom is 0.220 e. The molecule has 3 saturated heterocycles. The smallest absolute Gasteiger partial charge is 0.220 e. The van der Waals surface area contributed by atoms with E-state index in [2.05, 4.69) is 92.1 Å². The van der Waals surface area contributed by atoms with E-state index in [1.807, 2.05) is 6.08 Å². The highest BCUT2D eigenvalue weighted by molar-refractivity contribution is 5.76. The first kappa shape index (κ1) is 65.3. The molecule has 1 amide bonds. The predicted molar refractivity (Wildman–Crippen MR) is 277 cm³/mol. The quantitative estimate of drug-likeness (QED) is 0.0317. The Morgan fingerprint density at radius 2 is 0.932 bits per heavy atom. The summed E-state index contributed by atoms with van der Waals surface area (Å²) >= 11 is 0. The molecule has 19 nitrogen and oxygen atoms in total. The van der Waals surface area contributed by atoms with E-state index >= 15 is 0 Å². The van der Waals surface area contributed by atoms with Gasteiger partial charge in [0.1, 0.15) is 73.2 Å². The zero-order chi connectivity index (χ0) is 54.1. The molecule has 17 unspecified atom stereocenters. The van der Waals surface area contributed by atoms with Crippen molar-refractivity contribution >= 4 is 5.91 Å². The van der Waals surface area contributed by atoms with Gasteiger partial charge in [-0.3, -0.25) is 4.79 Å². The molecule has 3 rings (SSSR count). The maximum atomic E-state index is 13.2. The van der Waals surface area contributed by atoms with Crippen LogP contribution in [-0.2, 0) is 33.2 Å². The van der Waals surface area contributed by atoms with Gasteiger partial charge < -0.3 is 89.9 Å². The van der Waals surface area contributed by atoms with Crippen LogP contribution in [0.4, 0.5) is 0 Å². The number of ether oxygens (including phenoxy) is 6. The monoisotopic (exact) mass is 1050 g/mol. The third kappa shape index (κ3) is 23.3. The number of carbonyl (C=O) groups is 1. The molecule has 74 heavy (non-hydrogen) atoms. The van der Waals surface area contributed by atoms with Crippen molar-refractivity contribution in [2.45, 2.75) is 227 Å². The molecule has 0 aromatic heterocycles. The first-order valence-electron chi connectivity index (χ1n) is 26.8. The predicted octanol–water partition coefficient (Wildman–Crippen LogP) is 2.86. The van der Waals surface area contributed by atoms with Crippen molar-refractivity contribution in [3.63, 3.8) is 0 Å². The van der Waals surface area contributed by atoms with E-state index in [4.69, 9.17) is 28.4 Å². The van der Waals surface area contributed by atoms with Crippen LogP contribution in [0.15, 0.2) is 85.1 Å². The van der Waals surface area contributed by atoms with Crippen molar-refractivity contribution in [2.24, 2.45) is 0 Å². The molecule has 0 aromatic rings. The zero-order valence-electron chi connectivity index (χ0n) is 43.5. The molecule has 3 aliphatic rings. The molecule has 19 heteroatoms. The Bertz CT molecular complexity index is 1690. The van der Waals surface area contributed by atoms with Gasteiger partial charge >= 0.3 is 0 Å². The van der Waals surface area contributed by atoms with Gasteiger partial charge in [0.15, 0.2) is 18.9 Å². The lowest BCUT2D eigenvalue weighted by atomic mass is 9.96. The van der Waals surface area contributed by atoms with E-state index in [0.29, 0.717) is 6.42 Å². The van der Waals surface area contributed by atoms with Crippen LogP contribution in [0.5, 0.6) is 0 Å². The number of rotatable bonds is 36. The van der Waals surface area contributed by atoms with Gasteiger partial charge in [-0.25, -0.2) is 0 Å². The maximum absolute atomic E-state index is 13.2. The lowest BCUT2D eigenvalue weighted by Gasteiger charge is -2.48. The minimum absolute atomic E-state index is 0.182. The van der Waals surface area contributed by atoms with Gasteiger partial charge in [0.05, 0.1) is 38.6 Å². The van der Waals surface area contributed by atoms with Crippen molar-refractivity contribution in [1.82, 2.24) is 5.32 Å². The fraction of sp³-hybridized carbons (Fsp3) is 0.727. The Morgan fingerprint density at radius 1 is 0.500 bits per heavy atom. The van der Waals surface area contributed by atoms with Crippen molar-refractivity contribution in [3.05, 3.63) is 85.1 Å². The highest BCUT2D eigenvalue weighted by Gasteiger charge is 2.53. The summed E-state index contributed by atoms with van der Waals surface area (Å²) < 4.78 is 34.0. The Balaban J connectivity index is 1.51. The Morgan fingerprint density at radius 3 is 1.46 bits per heavy atom. The molecule has 0 bridgehead atoms. The minimum atomic E-state index is -1.98. The van der Waals surface area contributed by atoms with E-state index < -0.39 is 124 Å². The molecule has 3 aliphatic heterocycles. The van der Waals surface area contributed by atoms with Crippen molar-refractivity contribution in [2.75, 3.05) is 26.4 Å². The fourth-order valence-electron chi connectivity index (χ4n) is 8.48.